The summed E-state index contributed by atoms with van der Waals surface area (Å²) in [6, 6.07) is 12.0. The molecule has 1 unspecified atom stereocenters. The smallest absolute Gasteiger partial charge is 0.303 e. The van der Waals surface area contributed by atoms with Gasteiger partial charge in [0.25, 0.3) is 0 Å². The quantitative estimate of drug-likeness (QED) is 0.255. The van der Waals surface area contributed by atoms with Crippen molar-refractivity contribution in [2.75, 3.05) is 13.2 Å². The highest BCUT2D eigenvalue weighted by Crippen LogP contribution is 2.41. The van der Waals surface area contributed by atoms with Crippen molar-refractivity contribution in [3.05, 3.63) is 64.8 Å². The lowest BCUT2D eigenvalue weighted by Crippen LogP contribution is -2.60. The summed E-state index contributed by atoms with van der Waals surface area (Å²) in [5, 5.41) is 12.4. The van der Waals surface area contributed by atoms with Crippen LogP contribution in [0.15, 0.2) is 48.7 Å². The van der Waals surface area contributed by atoms with E-state index in [1.165, 1.54) is 13.8 Å². The van der Waals surface area contributed by atoms with Crippen LogP contribution in [0.1, 0.15) is 58.1 Å². The summed E-state index contributed by atoms with van der Waals surface area (Å²) in [6.45, 7) is 6.64. The number of halogens is 1. The van der Waals surface area contributed by atoms with Crippen molar-refractivity contribution < 1.29 is 52.7 Å². The first-order valence-corrected chi connectivity index (χ1v) is 14.3. The molecular formula is C31H34ClNO11. The molecule has 0 bridgehead atoms. The maximum atomic E-state index is 12.4. The van der Waals surface area contributed by atoms with Crippen molar-refractivity contribution in [1.82, 2.24) is 4.57 Å². The van der Waals surface area contributed by atoms with E-state index in [0.29, 0.717) is 39.4 Å². The first-order valence-electron chi connectivity index (χ1n) is 13.9. The number of aromatic nitrogens is 1. The third-order valence-electron chi connectivity index (χ3n) is 6.88. The molecule has 0 saturated carbocycles. The van der Waals surface area contributed by atoms with Crippen molar-refractivity contribution in [2.24, 2.45) is 0 Å². The fourth-order valence-electron chi connectivity index (χ4n) is 5.24. The highest BCUT2D eigenvalue weighted by molar-refractivity contribution is 6.35. The van der Waals surface area contributed by atoms with E-state index >= 15 is 0 Å². The lowest BCUT2D eigenvalue weighted by atomic mass is 9.97. The molecule has 13 heteroatoms. The zero-order valence-electron chi connectivity index (χ0n) is 24.9. The van der Waals surface area contributed by atoms with Crippen LogP contribution in [-0.2, 0) is 42.9 Å². The minimum atomic E-state index is -1.37. The molecule has 3 aromatic rings. The molecule has 1 fully saturated rings. The topological polar surface area (TPSA) is 149 Å². The van der Waals surface area contributed by atoms with Crippen molar-refractivity contribution in [1.29, 1.82) is 0 Å². The summed E-state index contributed by atoms with van der Waals surface area (Å²) in [4.78, 5) is 48.5. The average Bonchev–Trinajstić information content (AvgIpc) is 3.34. The number of carbonyl (C=O) groups excluding carboxylic acids is 4. The highest BCUT2D eigenvalue weighted by Gasteiger charge is 2.53. The number of aliphatic hydroxyl groups is 1. The molecule has 44 heavy (non-hydrogen) atoms. The van der Waals surface area contributed by atoms with Crippen molar-refractivity contribution in [3.8, 4) is 5.75 Å². The molecule has 4 rings (SSSR count). The van der Waals surface area contributed by atoms with Crippen LogP contribution in [0.5, 0.6) is 5.75 Å². The van der Waals surface area contributed by atoms with E-state index in [-0.39, 0.29) is 6.61 Å². The van der Waals surface area contributed by atoms with Gasteiger partial charge in [0.05, 0.1) is 17.1 Å². The molecule has 236 valence electrons. The van der Waals surface area contributed by atoms with Gasteiger partial charge in [0, 0.05) is 44.8 Å². The molecule has 0 spiro atoms. The standard InChI is InChI=1S/C31H34ClNO11/c1-6-39-21-12-10-20(11-13-21)27(38)22-14-33(24-9-7-8-23(32)26(22)24)31-30(43-19(5)37)29(42-18(4)36)28(41-17(3)35)25(44-31)15-40-16(2)34/h7-14,25,27-31,38H,6,15H2,1-5H3/t25-,27?,28-,29+,30-,31-/m1/s1. The number of benzene rings is 2. The molecule has 2 aromatic carbocycles. The highest BCUT2D eigenvalue weighted by atomic mass is 35.5. The van der Waals surface area contributed by atoms with Gasteiger partial charge in [-0.25, -0.2) is 0 Å². The van der Waals surface area contributed by atoms with Gasteiger partial charge in [0.2, 0.25) is 0 Å². The molecule has 1 aromatic heterocycles. The summed E-state index contributed by atoms with van der Waals surface area (Å²) >= 11 is 6.67. The zero-order valence-corrected chi connectivity index (χ0v) is 25.6. The van der Waals surface area contributed by atoms with E-state index in [1.54, 1.807) is 53.2 Å². The lowest BCUT2D eigenvalue weighted by molar-refractivity contribution is -0.267. The Kier molecular flexibility index (Phi) is 10.5. The number of hydrogen-bond acceptors (Lipinski definition) is 11. The number of fused-ring (bicyclic) bond motifs is 1. The van der Waals surface area contributed by atoms with Gasteiger partial charge >= 0.3 is 23.9 Å². The van der Waals surface area contributed by atoms with Crippen molar-refractivity contribution >= 4 is 46.4 Å². The summed E-state index contributed by atoms with van der Waals surface area (Å²) < 4.78 is 35.4. The van der Waals surface area contributed by atoms with Gasteiger partial charge in [-0.15, -0.1) is 0 Å². The second-order valence-corrected chi connectivity index (χ2v) is 10.5. The van der Waals surface area contributed by atoms with Gasteiger partial charge in [-0.1, -0.05) is 29.8 Å². The third-order valence-corrected chi connectivity index (χ3v) is 7.19. The lowest BCUT2D eigenvalue weighted by Gasteiger charge is -2.44. The Morgan fingerprint density at radius 3 is 2.09 bits per heavy atom. The predicted octanol–water partition coefficient (Wildman–Crippen LogP) is 4.03. The monoisotopic (exact) mass is 631 g/mol. The molecule has 1 aliphatic rings. The zero-order chi connectivity index (χ0) is 32.1. The first-order chi connectivity index (χ1) is 20.9. The van der Waals surface area contributed by atoms with Crippen molar-refractivity contribution in [2.45, 2.75) is 71.4 Å². The molecule has 1 aliphatic heterocycles. The van der Waals surface area contributed by atoms with E-state index in [4.69, 9.17) is 40.0 Å². The average molecular weight is 632 g/mol. The number of nitrogens with zero attached hydrogens (tertiary/aromatic N) is 1. The van der Waals surface area contributed by atoms with Crippen LogP contribution in [0.4, 0.5) is 0 Å². The number of aliphatic hydroxyl groups excluding tert-OH is 1. The van der Waals surface area contributed by atoms with E-state index in [2.05, 4.69) is 0 Å². The van der Waals surface area contributed by atoms with Gasteiger partial charge in [0.1, 0.15) is 24.6 Å². The Hall–Kier alpha value is -4.13. The van der Waals surface area contributed by atoms with Gasteiger partial charge in [-0.3, -0.25) is 19.2 Å². The van der Waals surface area contributed by atoms with E-state index in [9.17, 15) is 24.3 Å². The SMILES string of the molecule is CCOc1ccc(C(O)c2cn([C@@H]3O[C@H](COC(C)=O)[C@@H](OC(C)=O)[C@H](OC(C)=O)[C@H]3OC(C)=O)c3cccc(Cl)c23)cc1. The molecule has 0 amide bonds. The van der Waals surface area contributed by atoms with E-state index in [1.807, 2.05) is 6.92 Å². The van der Waals surface area contributed by atoms with Crippen LogP contribution in [-0.4, -0.2) is 71.2 Å². The fraction of sp³-hybridized carbons (Fsp3) is 0.419. The van der Waals surface area contributed by atoms with Gasteiger partial charge in [-0.2, -0.15) is 0 Å². The molecule has 2 heterocycles. The number of carbonyl (C=O) groups is 4. The second-order valence-electron chi connectivity index (χ2n) is 10.1. The maximum absolute atomic E-state index is 12.4. The summed E-state index contributed by atoms with van der Waals surface area (Å²) in [5.41, 5.74) is 1.44. The van der Waals surface area contributed by atoms with Gasteiger partial charge in [-0.05, 0) is 36.8 Å². The Balaban J connectivity index is 1.88. The summed E-state index contributed by atoms with van der Waals surface area (Å²) in [6.07, 6.45) is -5.96. The van der Waals surface area contributed by atoms with Crippen LogP contribution >= 0.6 is 11.6 Å². The molecular weight excluding hydrogens is 598 g/mol. The molecule has 1 saturated heterocycles. The van der Waals surface area contributed by atoms with Crippen molar-refractivity contribution in [3.63, 3.8) is 0 Å². The number of esters is 4. The molecule has 0 radical (unpaired) electrons. The first kappa shape index (κ1) is 32.8. The number of hydrogen-bond donors (Lipinski definition) is 1. The minimum absolute atomic E-state index is 0.326. The van der Waals surface area contributed by atoms with Crippen LogP contribution in [0, 0.1) is 0 Å². The largest absolute Gasteiger partial charge is 0.494 e. The van der Waals surface area contributed by atoms with E-state index in [0.717, 1.165) is 13.8 Å². The summed E-state index contributed by atoms with van der Waals surface area (Å²) in [7, 11) is 0. The molecule has 6 atom stereocenters. The predicted molar refractivity (Wildman–Crippen MR) is 156 cm³/mol. The van der Waals surface area contributed by atoms with Gasteiger partial charge < -0.3 is 38.1 Å². The Labute approximate surface area is 258 Å². The Bertz CT molecular complexity index is 1520. The third kappa shape index (κ3) is 7.32. The van der Waals surface area contributed by atoms with Crippen LogP contribution in [0.2, 0.25) is 5.02 Å². The molecule has 1 N–H and O–H groups in total. The number of ether oxygens (including phenoxy) is 6. The molecule has 0 aliphatic carbocycles. The fourth-order valence-corrected chi connectivity index (χ4v) is 5.52. The second kappa shape index (κ2) is 14.1. The Morgan fingerprint density at radius 2 is 1.50 bits per heavy atom. The van der Waals surface area contributed by atoms with Crippen LogP contribution in [0.25, 0.3) is 10.9 Å². The summed E-state index contributed by atoms with van der Waals surface area (Å²) in [5.74, 6) is -2.20. The maximum Gasteiger partial charge on any atom is 0.303 e. The minimum Gasteiger partial charge on any atom is -0.494 e. The van der Waals surface area contributed by atoms with Crippen LogP contribution in [0.3, 0.4) is 0 Å². The van der Waals surface area contributed by atoms with Crippen LogP contribution < -0.4 is 4.74 Å². The molecule has 12 nitrogen and oxygen atoms in total. The number of rotatable bonds is 10. The normalized spacial score (nSPS) is 22.1. The van der Waals surface area contributed by atoms with Gasteiger partial charge in [0.15, 0.2) is 24.5 Å². The van der Waals surface area contributed by atoms with E-state index < -0.39 is 60.6 Å². The Morgan fingerprint density at radius 1 is 0.886 bits per heavy atom.